The first-order valence-corrected chi connectivity index (χ1v) is 7.13. The van der Waals surface area contributed by atoms with Gasteiger partial charge in [-0.3, -0.25) is 4.79 Å². The predicted molar refractivity (Wildman–Crippen MR) is 70.5 cm³/mol. The van der Waals surface area contributed by atoms with Crippen molar-refractivity contribution >= 4 is 18.2 Å². The number of hydrogen-bond acceptors (Lipinski definition) is 4. The Morgan fingerprint density at radius 2 is 1.89 bits per heavy atom. The highest BCUT2D eigenvalue weighted by Gasteiger charge is 2.27. The van der Waals surface area contributed by atoms with Crippen LogP contribution in [0.3, 0.4) is 0 Å². The smallest absolute Gasteiger partial charge is 0.328 e. The Balaban J connectivity index is 1.92. The van der Waals surface area contributed by atoms with Crippen LogP contribution in [0.15, 0.2) is 0 Å². The summed E-state index contributed by atoms with van der Waals surface area (Å²) in [5.41, 5.74) is 0. The minimum atomic E-state index is -0.434. The Labute approximate surface area is 114 Å². The number of unbranched alkanes of at least 4 members (excludes halogenated alkanes) is 6. The lowest BCUT2D eigenvalue weighted by Crippen LogP contribution is -2.37. The van der Waals surface area contributed by atoms with E-state index in [0.717, 1.165) is 44.8 Å². The third kappa shape index (κ3) is 6.94. The van der Waals surface area contributed by atoms with Crippen LogP contribution in [0.25, 0.3) is 0 Å². The Morgan fingerprint density at radius 3 is 2.53 bits per heavy atom. The molecule has 1 saturated heterocycles. The van der Waals surface area contributed by atoms with E-state index in [-0.39, 0.29) is 11.9 Å². The summed E-state index contributed by atoms with van der Waals surface area (Å²) >= 11 is 0. The third-order valence-electron chi connectivity index (χ3n) is 3.25. The van der Waals surface area contributed by atoms with Crippen LogP contribution in [-0.2, 0) is 19.1 Å². The van der Waals surface area contributed by atoms with Crippen molar-refractivity contribution in [1.29, 1.82) is 0 Å². The minimum Gasteiger partial charge on any atom is -0.464 e. The molecule has 0 saturated carbocycles. The van der Waals surface area contributed by atoms with Crippen LogP contribution in [0, 0.1) is 0 Å². The van der Waals surface area contributed by atoms with Gasteiger partial charge >= 0.3 is 5.97 Å². The van der Waals surface area contributed by atoms with Crippen molar-refractivity contribution in [2.75, 3.05) is 6.61 Å². The van der Waals surface area contributed by atoms with Crippen molar-refractivity contribution in [3.05, 3.63) is 0 Å². The van der Waals surface area contributed by atoms with Gasteiger partial charge in [0.05, 0.1) is 6.61 Å². The quantitative estimate of drug-likeness (QED) is 0.372. The van der Waals surface area contributed by atoms with Gasteiger partial charge in [0, 0.05) is 19.3 Å². The summed E-state index contributed by atoms with van der Waals surface area (Å²) in [5, 5.41) is 2.70. The predicted octanol–water partition coefficient (Wildman–Crippen LogP) is 1.74. The number of carbonyl (C=O) groups excluding carboxylic acids is 3. The molecule has 1 amide bonds. The van der Waals surface area contributed by atoms with Crippen LogP contribution in [0.2, 0.25) is 0 Å². The maximum Gasteiger partial charge on any atom is 0.328 e. The number of amides is 1. The summed E-state index contributed by atoms with van der Waals surface area (Å²) in [7, 11) is 0. The number of ether oxygens (including phenoxy) is 1. The molecule has 1 atom stereocenters. The second-order valence-corrected chi connectivity index (χ2v) is 4.90. The van der Waals surface area contributed by atoms with Gasteiger partial charge in [-0.25, -0.2) is 4.79 Å². The maximum absolute atomic E-state index is 11.6. The summed E-state index contributed by atoms with van der Waals surface area (Å²) in [4.78, 5) is 32.8. The maximum atomic E-state index is 11.6. The van der Waals surface area contributed by atoms with E-state index in [9.17, 15) is 14.4 Å². The fourth-order valence-electron chi connectivity index (χ4n) is 2.11. The lowest BCUT2D eigenvalue weighted by Gasteiger charge is -2.08. The fourth-order valence-corrected chi connectivity index (χ4v) is 2.11. The molecule has 1 rings (SSSR count). The van der Waals surface area contributed by atoms with Gasteiger partial charge in [0.15, 0.2) is 0 Å². The molecule has 1 fully saturated rings. The van der Waals surface area contributed by atoms with Crippen LogP contribution in [-0.4, -0.2) is 30.8 Å². The largest absolute Gasteiger partial charge is 0.464 e. The van der Waals surface area contributed by atoms with Crippen LogP contribution >= 0.6 is 0 Å². The van der Waals surface area contributed by atoms with E-state index in [1.807, 2.05) is 0 Å². The van der Waals surface area contributed by atoms with E-state index < -0.39 is 6.04 Å². The van der Waals surface area contributed by atoms with Crippen molar-refractivity contribution in [2.24, 2.45) is 0 Å². The van der Waals surface area contributed by atoms with Crippen LogP contribution in [0.4, 0.5) is 0 Å². The van der Waals surface area contributed by atoms with Crippen molar-refractivity contribution in [2.45, 2.75) is 63.8 Å². The lowest BCUT2D eigenvalue weighted by atomic mass is 10.1. The zero-order valence-electron chi connectivity index (χ0n) is 11.4. The Bertz CT molecular complexity index is 304. The molecule has 0 aromatic rings. The molecular weight excluding hydrogens is 246 g/mol. The summed E-state index contributed by atoms with van der Waals surface area (Å²) in [6.45, 7) is 0.407. The summed E-state index contributed by atoms with van der Waals surface area (Å²) in [6, 6.07) is -0.434. The molecule has 0 aromatic carbocycles. The van der Waals surface area contributed by atoms with Gasteiger partial charge in [-0.2, -0.15) is 0 Å². The average molecular weight is 269 g/mol. The summed E-state index contributed by atoms with van der Waals surface area (Å²) < 4.78 is 4.78. The molecule has 0 bridgehead atoms. The summed E-state index contributed by atoms with van der Waals surface area (Å²) in [6.07, 6.45) is 8.79. The molecule has 19 heavy (non-hydrogen) atoms. The number of cyclic esters (lactones) is 1. The highest BCUT2D eigenvalue weighted by Crippen LogP contribution is 2.09. The minimum absolute atomic E-state index is 0.0650. The van der Waals surface area contributed by atoms with Crippen molar-refractivity contribution in [3.8, 4) is 0 Å². The number of carbonyl (C=O) groups is 3. The van der Waals surface area contributed by atoms with E-state index in [1.165, 1.54) is 0 Å². The first kappa shape index (κ1) is 15.7. The second kappa shape index (κ2) is 9.53. The first-order valence-electron chi connectivity index (χ1n) is 7.13. The molecule has 5 heteroatoms. The van der Waals surface area contributed by atoms with Crippen molar-refractivity contribution in [3.63, 3.8) is 0 Å². The zero-order valence-corrected chi connectivity index (χ0v) is 11.4. The van der Waals surface area contributed by atoms with Gasteiger partial charge in [-0.05, 0) is 12.8 Å². The van der Waals surface area contributed by atoms with Crippen LogP contribution < -0.4 is 5.32 Å². The van der Waals surface area contributed by atoms with Crippen molar-refractivity contribution < 1.29 is 19.1 Å². The first-order chi connectivity index (χ1) is 9.24. The number of hydrogen-bond donors (Lipinski definition) is 1. The molecular formula is C14H23NO4. The molecule has 1 aliphatic rings. The standard InChI is InChI=1S/C14H23NO4/c16-10-7-5-3-1-2-4-6-8-13(17)15-12-9-11-19-14(12)18/h10,12H,1-9,11H2,(H,15,17)/t12-/m0/s1. The molecule has 0 unspecified atom stereocenters. The molecule has 0 aromatic heterocycles. The number of nitrogens with one attached hydrogen (secondary N) is 1. The third-order valence-corrected chi connectivity index (χ3v) is 3.25. The molecule has 0 aliphatic carbocycles. The van der Waals surface area contributed by atoms with Gasteiger partial charge in [0.25, 0.3) is 0 Å². The molecule has 108 valence electrons. The summed E-state index contributed by atoms with van der Waals surface area (Å²) in [5.74, 6) is -0.381. The Kier molecular flexibility index (Phi) is 7.86. The zero-order chi connectivity index (χ0) is 13.9. The van der Waals surface area contributed by atoms with Crippen LogP contribution in [0.5, 0.6) is 0 Å². The number of aldehydes is 1. The number of esters is 1. The SMILES string of the molecule is O=CCCCCCCCCC(=O)N[C@H]1CCOC1=O. The molecule has 1 heterocycles. The molecule has 0 radical (unpaired) electrons. The van der Waals surface area contributed by atoms with Crippen LogP contribution in [0.1, 0.15) is 57.8 Å². The Hall–Kier alpha value is -1.39. The monoisotopic (exact) mass is 269 g/mol. The van der Waals surface area contributed by atoms with Gasteiger partial charge in [-0.1, -0.05) is 25.7 Å². The second-order valence-electron chi connectivity index (χ2n) is 4.90. The van der Waals surface area contributed by atoms with Gasteiger partial charge in [0.1, 0.15) is 12.3 Å². The molecule has 0 spiro atoms. The van der Waals surface area contributed by atoms with E-state index >= 15 is 0 Å². The topological polar surface area (TPSA) is 72.5 Å². The molecule has 1 aliphatic heterocycles. The van der Waals surface area contributed by atoms with E-state index in [2.05, 4.69) is 5.32 Å². The highest BCUT2D eigenvalue weighted by atomic mass is 16.5. The average Bonchev–Trinajstić information content (AvgIpc) is 2.78. The van der Waals surface area contributed by atoms with E-state index in [4.69, 9.17) is 4.74 Å². The molecule has 5 nitrogen and oxygen atoms in total. The van der Waals surface area contributed by atoms with Gasteiger partial charge in [-0.15, -0.1) is 0 Å². The highest BCUT2D eigenvalue weighted by molar-refractivity contribution is 5.85. The normalized spacial score (nSPS) is 18.1. The Morgan fingerprint density at radius 1 is 1.21 bits per heavy atom. The van der Waals surface area contributed by atoms with Gasteiger partial charge < -0.3 is 14.8 Å². The fraction of sp³-hybridized carbons (Fsp3) is 0.786. The van der Waals surface area contributed by atoms with E-state index in [1.54, 1.807) is 0 Å². The van der Waals surface area contributed by atoms with E-state index in [0.29, 0.717) is 25.9 Å². The van der Waals surface area contributed by atoms with Gasteiger partial charge in [0.2, 0.25) is 5.91 Å². The van der Waals surface area contributed by atoms with Crippen molar-refractivity contribution in [1.82, 2.24) is 5.32 Å². The lowest BCUT2D eigenvalue weighted by molar-refractivity contribution is -0.141. The number of rotatable bonds is 10. The molecule has 1 N–H and O–H groups in total.